The van der Waals surface area contributed by atoms with Gasteiger partial charge in [0, 0.05) is 23.3 Å². The van der Waals surface area contributed by atoms with E-state index in [2.05, 4.69) is 40.6 Å². The van der Waals surface area contributed by atoms with Gasteiger partial charge in [-0.05, 0) is 30.1 Å². The first-order chi connectivity index (χ1) is 10.3. The third-order valence-electron chi connectivity index (χ3n) is 3.76. The third kappa shape index (κ3) is 2.48. The van der Waals surface area contributed by atoms with E-state index in [4.69, 9.17) is 4.74 Å². The van der Waals surface area contributed by atoms with Crippen LogP contribution in [0.3, 0.4) is 0 Å². The maximum Gasteiger partial charge on any atom is 0.123 e. The molecule has 0 amide bonds. The monoisotopic (exact) mass is 278 g/mol. The predicted octanol–water partition coefficient (Wildman–Crippen LogP) is 3.55. The lowest BCUT2D eigenvalue weighted by Crippen LogP contribution is -2.18. The smallest absolute Gasteiger partial charge is 0.123 e. The summed E-state index contributed by atoms with van der Waals surface area (Å²) in [6, 6.07) is 16.6. The Balaban J connectivity index is 2.19. The third-order valence-corrected chi connectivity index (χ3v) is 3.76. The number of ether oxygens (including phenoxy) is 1. The van der Waals surface area contributed by atoms with Gasteiger partial charge >= 0.3 is 0 Å². The Kier molecular flexibility index (Phi) is 3.84. The highest BCUT2D eigenvalue weighted by atomic mass is 16.5. The zero-order valence-electron chi connectivity index (χ0n) is 12.2. The maximum absolute atomic E-state index is 5.51. The molecule has 1 aromatic heterocycles. The standard InChI is InChI=1S/C18H18N2O/c1-19-18(16-7-3-4-9-17(16)21-2)15-8-5-6-13-12-20-11-10-14(13)15/h3-12,18-19H,1-2H3. The van der Waals surface area contributed by atoms with Gasteiger partial charge in [0.25, 0.3) is 0 Å². The van der Waals surface area contributed by atoms with Gasteiger partial charge in [-0.3, -0.25) is 4.98 Å². The van der Waals surface area contributed by atoms with Crippen molar-refractivity contribution in [1.82, 2.24) is 10.3 Å². The van der Waals surface area contributed by atoms with Gasteiger partial charge in [-0.2, -0.15) is 0 Å². The molecule has 3 nitrogen and oxygen atoms in total. The molecule has 0 radical (unpaired) electrons. The molecule has 2 aromatic carbocycles. The van der Waals surface area contributed by atoms with E-state index in [1.165, 1.54) is 10.9 Å². The van der Waals surface area contributed by atoms with Crippen LogP contribution in [0.15, 0.2) is 60.9 Å². The fraction of sp³-hybridized carbons (Fsp3) is 0.167. The number of fused-ring (bicyclic) bond motifs is 1. The van der Waals surface area contributed by atoms with E-state index in [9.17, 15) is 0 Å². The first kappa shape index (κ1) is 13.6. The van der Waals surface area contributed by atoms with Gasteiger partial charge in [-0.25, -0.2) is 0 Å². The van der Waals surface area contributed by atoms with Gasteiger partial charge < -0.3 is 10.1 Å². The predicted molar refractivity (Wildman–Crippen MR) is 85.6 cm³/mol. The lowest BCUT2D eigenvalue weighted by Gasteiger charge is -2.21. The average molecular weight is 278 g/mol. The molecule has 1 atom stereocenters. The molecule has 1 heterocycles. The van der Waals surface area contributed by atoms with Crippen LogP contribution >= 0.6 is 0 Å². The van der Waals surface area contributed by atoms with E-state index in [1.54, 1.807) is 7.11 Å². The van der Waals surface area contributed by atoms with Gasteiger partial charge in [0.2, 0.25) is 0 Å². The molecule has 3 rings (SSSR count). The zero-order valence-corrected chi connectivity index (χ0v) is 12.2. The molecule has 0 bridgehead atoms. The van der Waals surface area contributed by atoms with E-state index in [1.807, 2.05) is 37.6 Å². The van der Waals surface area contributed by atoms with Crippen LogP contribution < -0.4 is 10.1 Å². The molecule has 0 spiro atoms. The van der Waals surface area contributed by atoms with Crippen molar-refractivity contribution >= 4 is 10.8 Å². The Morgan fingerprint density at radius 1 is 1.00 bits per heavy atom. The summed E-state index contributed by atoms with van der Waals surface area (Å²) in [6.07, 6.45) is 3.73. The van der Waals surface area contributed by atoms with Crippen LogP contribution in [0.25, 0.3) is 10.8 Å². The van der Waals surface area contributed by atoms with Crippen molar-refractivity contribution in [1.29, 1.82) is 0 Å². The van der Waals surface area contributed by atoms with Crippen molar-refractivity contribution in [2.75, 3.05) is 14.2 Å². The summed E-state index contributed by atoms with van der Waals surface area (Å²) in [6.45, 7) is 0. The topological polar surface area (TPSA) is 34.1 Å². The SMILES string of the molecule is CNC(c1ccccc1OC)c1cccc2cnccc12. The average Bonchev–Trinajstić information content (AvgIpc) is 2.56. The highest BCUT2D eigenvalue weighted by molar-refractivity contribution is 5.85. The van der Waals surface area contributed by atoms with E-state index >= 15 is 0 Å². The Hall–Kier alpha value is -2.39. The van der Waals surface area contributed by atoms with Crippen LogP contribution in [0.2, 0.25) is 0 Å². The summed E-state index contributed by atoms with van der Waals surface area (Å²) < 4.78 is 5.51. The van der Waals surface area contributed by atoms with Crippen molar-refractivity contribution in [3.8, 4) is 5.75 Å². The lowest BCUT2D eigenvalue weighted by atomic mass is 9.94. The van der Waals surface area contributed by atoms with Crippen molar-refractivity contribution in [2.45, 2.75) is 6.04 Å². The van der Waals surface area contributed by atoms with Gasteiger partial charge in [0.05, 0.1) is 13.2 Å². The Labute approximate surface area is 124 Å². The van der Waals surface area contributed by atoms with Crippen LogP contribution in [-0.4, -0.2) is 19.1 Å². The number of rotatable bonds is 4. The summed E-state index contributed by atoms with van der Waals surface area (Å²) in [5.74, 6) is 0.892. The van der Waals surface area contributed by atoms with Crippen LogP contribution in [0.4, 0.5) is 0 Å². The summed E-state index contributed by atoms with van der Waals surface area (Å²) in [7, 11) is 3.68. The molecule has 21 heavy (non-hydrogen) atoms. The van der Waals surface area contributed by atoms with Gasteiger partial charge in [-0.15, -0.1) is 0 Å². The summed E-state index contributed by atoms with van der Waals surface area (Å²) in [5.41, 5.74) is 2.36. The highest BCUT2D eigenvalue weighted by Gasteiger charge is 2.18. The van der Waals surface area contributed by atoms with E-state index < -0.39 is 0 Å². The number of methoxy groups -OCH3 is 1. The van der Waals surface area contributed by atoms with E-state index in [0.29, 0.717) is 0 Å². The van der Waals surface area contributed by atoms with Crippen molar-refractivity contribution in [2.24, 2.45) is 0 Å². The van der Waals surface area contributed by atoms with E-state index in [0.717, 1.165) is 16.7 Å². The minimum Gasteiger partial charge on any atom is -0.496 e. The van der Waals surface area contributed by atoms with Gasteiger partial charge in [0.1, 0.15) is 5.75 Å². The molecule has 1 unspecified atom stereocenters. The number of benzene rings is 2. The second kappa shape index (κ2) is 5.94. The number of hydrogen-bond acceptors (Lipinski definition) is 3. The minimum absolute atomic E-state index is 0.0762. The number of pyridine rings is 1. The normalized spacial score (nSPS) is 12.3. The van der Waals surface area contributed by atoms with Crippen LogP contribution in [0, 0.1) is 0 Å². The number of hydrogen-bond donors (Lipinski definition) is 1. The largest absolute Gasteiger partial charge is 0.496 e. The summed E-state index contributed by atoms with van der Waals surface area (Å²) >= 11 is 0. The molecule has 0 fully saturated rings. The Bertz CT molecular complexity index is 750. The number of aromatic nitrogens is 1. The molecule has 0 aliphatic carbocycles. The number of nitrogens with one attached hydrogen (secondary N) is 1. The summed E-state index contributed by atoms with van der Waals surface area (Å²) in [5, 5.41) is 5.75. The molecule has 0 saturated heterocycles. The fourth-order valence-electron chi connectivity index (χ4n) is 2.78. The second-order valence-corrected chi connectivity index (χ2v) is 4.91. The molecule has 0 aliphatic heterocycles. The first-order valence-electron chi connectivity index (χ1n) is 6.98. The van der Waals surface area contributed by atoms with Gasteiger partial charge in [0.15, 0.2) is 0 Å². The number of nitrogens with zero attached hydrogens (tertiary/aromatic N) is 1. The molecule has 3 aromatic rings. The zero-order chi connectivity index (χ0) is 14.7. The van der Waals surface area contributed by atoms with Crippen molar-refractivity contribution in [3.05, 3.63) is 72.1 Å². The molecule has 0 saturated carbocycles. The molecular formula is C18H18N2O. The Morgan fingerprint density at radius 3 is 2.62 bits per heavy atom. The Morgan fingerprint density at radius 2 is 1.81 bits per heavy atom. The second-order valence-electron chi connectivity index (χ2n) is 4.91. The van der Waals surface area contributed by atoms with E-state index in [-0.39, 0.29) is 6.04 Å². The van der Waals surface area contributed by atoms with Gasteiger partial charge in [-0.1, -0.05) is 36.4 Å². The highest BCUT2D eigenvalue weighted by Crippen LogP contribution is 2.33. The molecule has 3 heteroatoms. The van der Waals surface area contributed by atoms with Crippen LogP contribution in [-0.2, 0) is 0 Å². The summed E-state index contributed by atoms with van der Waals surface area (Å²) in [4.78, 5) is 4.20. The fourth-order valence-corrected chi connectivity index (χ4v) is 2.78. The lowest BCUT2D eigenvalue weighted by molar-refractivity contribution is 0.405. The van der Waals surface area contributed by atoms with Crippen molar-refractivity contribution < 1.29 is 4.74 Å². The molecule has 106 valence electrons. The quantitative estimate of drug-likeness (QED) is 0.792. The molecule has 0 aliphatic rings. The minimum atomic E-state index is 0.0762. The first-order valence-corrected chi connectivity index (χ1v) is 6.98. The number of para-hydroxylation sites is 1. The van der Waals surface area contributed by atoms with Crippen molar-refractivity contribution in [3.63, 3.8) is 0 Å². The van der Waals surface area contributed by atoms with Crippen LogP contribution in [0.5, 0.6) is 5.75 Å². The molecular weight excluding hydrogens is 260 g/mol. The molecule has 1 N–H and O–H groups in total. The van der Waals surface area contributed by atoms with Crippen LogP contribution in [0.1, 0.15) is 17.2 Å². The maximum atomic E-state index is 5.51.